The molecule has 22 heavy (non-hydrogen) atoms. The Bertz CT molecular complexity index is 463. The first-order valence-electron chi connectivity index (χ1n) is 7.87. The molecule has 5 heteroatoms. The van der Waals surface area contributed by atoms with Crippen LogP contribution in [0.1, 0.15) is 30.9 Å². The Balaban J connectivity index is 2.38. The number of nitrogens with one attached hydrogen (secondary N) is 2. The monoisotopic (exact) mass is 323 g/mol. The van der Waals surface area contributed by atoms with E-state index in [-0.39, 0.29) is 0 Å². The minimum absolute atomic E-state index is 0.700. The van der Waals surface area contributed by atoms with E-state index >= 15 is 0 Å². The van der Waals surface area contributed by atoms with E-state index < -0.39 is 0 Å². The summed E-state index contributed by atoms with van der Waals surface area (Å²) in [6.07, 6.45) is 4.56. The highest BCUT2D eigenvalue weighted by atomic mass is 32.2. The van der Waals surface area contributed by atoms with Crippen molar-refractivity contribution in [3.63, 3.8) is 0 Å². The van der Waals surface area contributed by atoms with Gasteiger partial charge in [-0.2, -0.15) is 11.8 Å². The van der Waals surface area contributed by atoms with Crippen LogP contribution in [-0.4, -0.2) is 38.2 Å². The number of rotatable bonds is 9. The topological polar surface area (TPSA) is 45.6 Å². The number of ether oxygens (including phenoxy) is 1. The predicted octanol–water partition coefficient (Wildman–Crippen LogP) is 3.20. The van der Waals surface area contributed by atoms with Crippen molar-refractivity contribution in [2.45, 2.75) is 33.2 Å². The van der Waals surface area contributed by atoms with Crippen molar-refractivity contribution in [3.05, 3.63) is 29.3 Å². The second kappa shape index (κ2) is 11.2. The van der Waals surface area contributed by atoms with Crippen LogP contribution in [-0.2, 0) is 6.54 Å². The van der Waals surface area contributed by atoms with Crippen molar-refractivity contribution >= 4 is 17.7 Å². The minimum atomic E-state index is 0.700. The van der Waals surface area contributed by atoms with Gasteiger partial charge in [0.1, 0.15) is 5.75 Å². The first kappa shape index (κ1) is 18.7. The van der Waals surface area contributed by atoms with Crippen LogP contribution in [0.2, 0.25) is 0 Å². The van der Waals surface area contributed by atoms with Crippen LogP contribution in [0.25, 0.3) is 0 Å². The average Bonchev–Trinajstić information content (AvgIpc) is 2.52. The third-order valence-corrected chi connectivity index (χ3v) is 3.99. The number of hydrogen-bond acceptors (Lipinski definition) is 3. The van der Waals surface area contributed by atoms with Gasteiger partial charge in [-0.05, 0) is 55.9 Å². The zero-order valence-corrected chi connectivity index (χ0v) is 15.1. The molecule has 0 amide bonds. The zero-order valence-electron chi connectivity index (χ0n) is 14.2. The van der Waals surface area contributed by atoms with Crippen LogP contribution in [0.15, 0.2) is 23.2 Å². The Hall–Kier alpha value is -1.36. The summed E-state index contributed by atoms with van der Waals surface area (Å²) >= 11 is 1.90. The van der Waals surface area contributed by atoms with Crippen molar-refractivity contribution in [2.24, 2.45) is 4.99 Å². The van der Waals surface area contributed by atoms with Gasteiger partial charge in [-0.25, -0.2) is 0 Å². The van der Waals surface area contributed by atoms with Crippen LogP contribution in [0, 0.1) is 6.92 Å². The van der Waals surface area contributed by atoms with Gasteiger partial charge >= 0.3 is 0 Å². The molecule has 0 heterocycles. The molecule has 0 radical (unpaired) electrons. The van der Waals surface area contributed by atoms with Crippen molar-refractivity contribution in [1.29, 1.82) is 0 Å². The lowest BCUT2D eigenvalue weighted by atomic mass is 10.1. The molecule has 0 fully saturated rings. The number of aliphatic imine (C=N–C) groups is 1. The fourth-order valence-electron chi connectivity index (χ4n) is 2.12. The van der Waals surface area contributed by atoms with E-state index in [9.17, 15) is 0 Å². The number of hydrogen-bond donors (Lipinski definition) is 2. The van der Waals surface area contributed by atoms with Crippen LogP contribution >= 0.6 is 11.8 Å². The molecule has 0 saturated carbocycles. The highest BCUT2D eigenvalue weighted by Gasteiger charge is 2.02. The maximum atomic E-state index is 5.57. The largest absolute Gasteiger partial charge is 0.494 e. The fourth-order valence-corrected chi connectivity index (χ4v) is 2.62. The molecular formula is C17H29N3OS. The van der Waals surface area contributed by atoms with E-state index in [2.05, 4.69) is 40.9 Å². The molecule has 0 bridgehead atoms. The highest BCUT2D eigenvalue weighted by molar-refractivity contribution is 7.98. The summed E-state index contributed by atoms with van der Waals surface area (Å²) < 4.78 is 5.57. The van der Waals surface area contributed by atoms with Gasteiger partial charge in [0.2, 0.25) is 0 Å². The summed E-state index contributed by atoms with van der Waals surface area (Å²) in [5, 5.41) is 6.70. The lowest BCUT2D eigenvalue weighted by Gasteiger charge is -2.13. The Kier molecular flexibility index (Phi) is 9.55. The molecule has 0 aliphatic carbocycles. The number of aryl methyl sites for hydroxylation is 1. The maximum Gasteiger partial charge on any atom is 0.191 e. The minimum Gasteiger partial charge on any atom is -0.494 e. The molecule has 1 aromatic rings. The quantitative estimate of drug-likeness (QED) is 0.416. The summed E-state index contributed by atoms with van der Waals surface area (Å²) in [6.45, 7) is 6.50. The molecule has 0 saturated heterocycles. The molecule has 4 nitrogen and oxygen atoms in total. The molecule has 1 aromatic carbocycles. The van der Waals surface area contributed by atoms with E-state index in [1.807, 2.05) is 24.8 Å². The Morgan fingerprint density at radius 1 is 1.27 bits per heavy atom. The smallest absolute Gasteiger partial charge is 0.191 e. The standard InChI is InChI=1S/C17H29N3OS/c1-5-21-16-9-8-15(12-14(16)2)13-20-17(18-3)19-10-6-7-11-22-4/h8-9,12H,5-7,10-11,13H2,1-4H3,(H2,18,19,20). The van der Waals surface area contributed by atoms with Gasteiger partial charge in [-0.1, -0.05) is 12.1 Å². The SMILES string of the molecule is CCOc1ccc(CNC(=NC)NCCCCSC)cc1C. The summed E-state index contributed by atoms with van der Waals surface area (Å²) in [5.74, 6) is 3.04. The summed E-state index contributed by atoms with van der Waals surface area (Å²) in [7, 11) is 1.81. The van der Waals surface area contributed by atoms with Crippen molar-refractivity contribution < 1.29 is 4.74 Å². The van der Waals surface area contributed by atoms with Gasteiger partial charge in [0.25, 0.3) is 0 Å². The third kappa shape index (κ3) is 7.07. The van der Waals surface area contributed by atoms with Gasteiger partial charge in [-0.3, -0.25) is 4.99 Å². The van der Waals surface area contributed by atoms with Crippen LogP contribution in [0.4, 0.5) is 0 Å². The van der Waals surface area contributed by atoms with E-state index in [1.165, 1.54) is 29.7 Å². The molecule has 0 atom stereocenters. The molecule has 0 unspecified atom stereocenters. The lowest BCUT2D eigenvalue weighted by molar-refractivity contribution is 0.338. The predicted molar refractivity (Wildman–Crippen MR) is 98.2 cm³/mol. The second-order valence-electron chi connectivity index (χ2n) is 5.09. The van der Waals surface area contributed by atoms with Crippen molar-refractivity contribution in [2.75, 3.05) is 32.2 Å². The highest BCUT2D eigenvalue weighted by Crippen LogP contribution is 2.18. The molecule has 1 rings (SSSR count). The maximum absolute atomic E-state index is 5.57. The fraction of sp³-hybridized carbons (Fsp3) is 0.588. The first-order valence-corrected chi connectivity index (χ1v) is 9.26. The van der Waals surface area contributed by atoms with E-state index in [0.717, 1.165) is 24.8 Å². The normalized spacial score (nSPS) is 11.4. The number of unbranched alkanes of at least 4 members (excludes halogenated alkanes) is 1. The Morgan fingerprint density at radius 2 is 2.09 bits per heavy atom. The van der Waals surface area contributed by atoms with E-state index in [1.54, 1.807) is 7.05 Å². The second-order valence-corrected chi connectivity index (χ2v) is 6.07. The molecule has 2 N–H and O–H groups in total. The first-order chi connectivity index (χ1) is 10.7. The summed E-state index contributed by atoms with van der Waals surface area (Å²) in [6, 6.07) is 6.29. The van der Waals surface area contributed by atoms with E-state index in [0.29, 0.717) is 6.61 Å². The van der Waals surface area contributed by atoms with E-state index in [4.69, 9.17) is 4.74 Å². The van der Waals surface area contributed by atoms with Crippen molar-refractivity contribution in [1.82, 2.24) is 10.6 Å². The summed E-state index contributed by atoms with van der Waals surface area (Å²) in [4.78, 5) is 4.25. The Morgan fingerprint density at radius 3 is 2.73 bits per heavy atom. The average molecular weight is 324 g/mol. The van der Waals surface area contributed by atoms with Gasteiger partial charge in [0.05, 0.1) is 6.61 Å². The number of benzene rings is 1. The van der Waals surface area contributed by atoms with Crippen LogP contribution < -0.4 is 15.4 Å². The van der Waals surface area contributed by atoms with Crippen molar-refractivity contribution in [3.8, 4) is 5.75 Å². The summed E-state index contributed by atoms with van der Waals surface area (Å²) in [5.41, 5.74) is 2.40. The van der Waals surface area contributed by atoms with Gasteiger partial charge in [0.15, 0.2) is 5.96 Å². The van der Waals surface area contributed by atoms with Gasteiger partial charge in [0, 0.05) is 20.1 Å². The zero-order chi connectivity index (χ0) is 16.2. The molecule has 0 spiro atoms. The molecule has 0 aliphatic heterocycles. The van der Waals surface area contributed by atoms with Crippen LogP contribution in [0.5, 0.6) is 5.75 Å². The third-order valence-electron chi connectivity index (χ3n) is 3.29. The molecular weight excluding hydrogens is 294 g/mol. The van der Waals surface area contributed by atoms with Crippen LogP contribution in [0.3, 0.4) is 0 Å². The number of nitrogens with zero attached hydrogens (tertiary/aromatic N) is 1. The number of thioether (sulfide) groups is 1. The lowest BCUT2D eigenvalue weighted by Crippen LogP contribution is -2.37. The molecule has 0 aliphatic rings. The molecule has 0 aromatic heterocycles. The van der Waals surface area contributed by atoms with Gasteiger partial charge in [-0.15, -0.1) is 0 Å². The van der Waals surface area contributed by atoms with Gasteiger partial charge < -0.3 is 15.4 Å². The Labute approximate surface area is 139 Å². The number of guanidine groups is 1. The molecule has 124 valence electrons.